The van der Waals surface area contributed by atoms with Gasteiger partial charge in [-0.3, -0.25) is 14.5 Å². The van der Waals surface area contributed by atoms with Crippen LogP contribution in [0.4, 0.5) is 0 Å². The number of esters is 1. The predicted molar refractivity (Wildman–Crippen MR) is 184 cm³/mol. The minimum absolute atomic E-state index is 0.130. The van der Waals surface area contributed by atoms with Crippen LogP contribution in [-0.2, 0) is 14.3 Å². The lowest BCUT2D eigenvalue weighted by Crippen LogP contribution is -2.32. The van der Waals surface area contributed by atoms with Crippen LogP contribution in [0.2, 0.25) is 0 Å². The summed E-state index contributed by atoms with van der Waals surface area (Å²) < 4.78 is 5.24. The lowest BCUT2D eigenvalue weighted by molar-refractivity contribution is -0.144. The lowest BCUT2D eigenvalue weighted by atomic mass is 10.1. The first kappa shape index (κ1) is 41.2. The molecule has 0 saturated heterocycles. The fraction of sp³-hybridized carbons (Fsp3) is 0.526. The Bertz CT molecular complexity index is 933. The summed E-state index contributed by atoms with van der Waals surface area (Å²) in [6.07, 6.45) is 28.9. The Morgan fingerprint density at radius 3 is 1.67 bits per heavy atom. The molecule has 4 nitrogen and oxygen atoms in total. The van der Waals surface area contributed by atoms with Crippen molar-refractivity contribution in [3.63, 3.8) is 0 Å². The van der Waals surface area contributed by atoms with Crippen molar-refractivity contribution >= 4 is 11.8 Å². The topological polar surface area (TPSA) is 46.6 Å². The molecule has 0 amide bonds. The molecule has 0 aliphatic rings. The van der Waals surface area contributed by atoms with E-state index in [-0.39, 0.29) is 11.8 Å². The van der Waals surface area contributed by atoms with Gasteiger partial charge in [-0.1, -0.05) is 107 Å². The van der Waals surface area contributed by atoms with Crippen molar-refractivity contribution in [2.24, 2.45) is 0 Å². The number of hydrogen-bond acceptors (Lipinski definition) is 4. The van der Waals surface area contributed by atoms with Crippen LogP contribution in [0, 0.1) is 20.8 Å². The molecule has 42 heavy (non-hydrogen) atoms. The SMILES string of the molecule is CC.CC/C=C\C/C=C\C/C=C\C/C=C\C/C=C\CCCC(=O)OCCN(CC)CC(C)=O.Cc1cccc(C)c1C. The van der Waals surface area contributed by atoms with Gasteiger partial charge in [-0.15, -0.1) is 0 Å². The highest BCUT2D eigenvalue weighted by Crippen LogP contribution is 2.10. The summed E-state index contributed by atoms with van der Waals surface area (Å²) in [7, 11) is 0. The molecule has 0 aromatic heterocycles. The number of ketones is 1. The van der Waals surface area contributed by atoms with Crippen molar-refractivity contribution in [2.75, 3.05) is 26.2 Å². The van der Waals surface area contributed by atoms with Crippen LogP contribution < -0.4 is 0 Å². The second kappa shape index (κ2) is 31.0. The molecule has 1 aromatic rings. The molecule has 236 valence electrons. The zero-order valence-corrected chi connectivity index (χ0v) is 28.2. The number of hydrogen-bond donors (Lipinski definition) is 0. The van der Waals surface area contributed by atoms with Crippen molar-refractivity contribution in [1.82, 2.24) is 4.90 Å². The standard InChI is InChI=1S/C27H43NO3.C9H12.C2H6/c1-4-6-7-8-9-10-11-12-13-14-15-16-17-18-19-20-21-22-27(30)31-24-23-28(5-2)25-26(3)29;1-7-5-4-6-8(2)9(7)3;1-2/h6-7,9-10,12-13,15-16,18-19H,4-5,8,11,14,17,20-25H2,1-3H3;4-6H,1-3H3;1-2H3/b7-6-,10-9-,13-12-,16-15-,19-18-;;. The van der Waals surface area contributed by atoms with E-state index in [1.54, 1.807) is 6.92 Å². The number of allylic oxidation sites excluding steroid dienone is 10. The van der Waals surface area contributed by atoms with E-state index >= 15 is 0 Å². The van der Waals surface area contributed by atoms with Gasteiger partial charge >= 0.3 is 5.97 Å². The van der Waals surface area contributed by atoms with Crippen LogP contribution in [0.1, 0.15) is 103 Å². The van der Waals surface area contributed by atoms with E-state index in [0.717, 1.165) is 51.5 Å². The molecule has 0 radical (unpaired) electrons. The summed E-state index contributed by atoms with van der Waals surface area (Å²) in [5.41, 5.74) is 4.18. The molecule has 0 bridgehead atoms. The quantitative estimate of drug-likeness (QED) is 0.0929. The van der Waals surface area contributed by atoms with E-state index in [1.165, 1.54) is 16.7 Å². The fourth-order valence-electron chi connectivity index (χ4n) is 3.66. The van der Waals surface area contributed by atoms with E-state index < -0.39 is 0 Å². The third-order valence-corrected chi connectivity index (χ3v) is 6.35. The smallest absolute Gasteiger partial charge is 0.305 e. The minimum Gasteiger partial charge on any atom is -0.464 e. The van der Waals surface area contributed by atoms with Gasteiger partial charge in [0.15, 0.2) is 0 Å². The Labute approximate surface area is 259 Å². The molecular weight excluding hydrogens is 518 g/mol. The molecule has 0 saturated carbocycles. The van der Waals surface area contributed by atoms with Crippen LogP contribution in [-0.4, -0.2) is 42.9 Å². The van der Waals surface area contributed by atoms with Gasteiger partial charge in [-0.2, -0.15) is 0 Å². The summed E-state index contributed by atoms with van der Waals surface area (Å²) in [5.74, 6) is -0.0310. The number of carbonyl (C=O) groups is 2. The van der Waals surface area contributed by atoms with Crippen molar-refractivity contribution in [3.8, 4) is 0 Å². The number of ether oxygens (including phenoxy) is 1. The Kier molecular flexibility index (Phi) is 30.3. The van der Waals surface area contributed by atoms with Crippen molar-refractivity contribution in [2.45, 2.75) is 107 Å². The van der Waals surface area contributed by atoms with E-state index in [0.29, 0.717) is 26.1 Å². The molecule has 0 unspecified atom stereocenters. The summed E-state index contributed by atoms with van der Waals surface area (Å²) in [5, 5.41) is 0. The van der Waals surface area contributed by atoms with E-state index in [1.807, 2.05) is 25.7 Å². The number of rotatable bonds is 19. The molecule has 0 spiro atoms. The van der Waals surface area contributed by atoms with Crippen LogP contribution in [0.15, 0.2) is 79.0 Å². The first-order valence-corrected chi connectivity index (χ1v) is 16.0. The zero-order chi connectivity index (χ0) is 31.8. The molecule has 0 atom stereocenters. The van der Waals surface area contributed by atoms with Gasteiger partial charge in [0.25, 0.3) is 0 Å². The molecule has 0 aliphatic carbocycles. The average Bonchev–Trinajstić information content (AvgIpc) is 2.98. The van der Waals surface area contributed by atoms with E-state index in [4.69, 9.17) is 4.74 Å². The molecular formula is C38H61NO3. The van der Waals surface area contributed by atoms with Gasteiger partial charge in [0.05, 0.1) is 6.54 Å². The number of unbranched alkanes of at least 4 members (excludes halogenated alkanes) is 1. The maximum absolute atomic E-state index is 11.7. The predicted octanol–water partition coefficient (Wildman–Crippen LogP) is 10.0. The summed E-state index contributed by atoms with van der Waals surface area (Å²) in [6, 6.07) is 6.38. The molecule has 0 N–H and O–H groups in total. The van der Waals surface area contributed by atoms with Gasteiger partial charge in [0.2, 0.25) is 0 Å². The van der Waals surface area contributed by atoms with Gasteiger partial charge in [0.1, 0.15) is 12.4 Å². The third-order valence-electron chi connectivity index (χ3n) is 6.35. The summed E-state index contributed by atoms with van der Waals surface area (Å²) in [4.78, 5) is 24.8. The monoisotopic (exact) mass is 579 g/mol. The number of likely N-dealkylation sites (N-methyl/N-ethyl adjacent to an activating group) is 1. The molecule has 0 fully saturated rings. The Balaban J connectivity index is 0. The van der Waals surface area contributed by atoms with Gasteiger partial charge in [-0.05, 0) is 95.9 Å². The van der Waals surface area contributed by atoms with Crippen molar-refractivity contribution < 1.29 is 14.3 Å². The normalized spacial score (nSPS) is 11.5. The molecule has 1 rings (SSSR count). The highest BCUT2D eigenvalue weighted by molar-refractivity contribution is 5.77. The summed E-state index contributed by atoms with van der Waals surface area (Å²) >= 11 is 0. The lowest BCUT2D eigenvalue weighted by Gasteiger charge is -2.18. The van der Waals surface area contributed by atoms with Gasteiger partial charge in [0, 0.05) is 13.0 Å². The maximum Gasteiger partial charge on any atom is 0.305 e. The third kappa shape index (κ3) is 27.2. The number of benzene rings is 1. The Hall–Kier alpha value is -2.98. The zero-order valence-electron chi connectivity index (χ0n) is 28.2. The highest BCUT2D eigenvalue weighted by atomic mass is 16.5. The number of Topliss-reactive ketones (excluding diaryl/α,β-unsaturated/α-hetero) is 1. The number of carbonyl (C=O) groups excluding carboxylic acids is 2. The maximum atomic E-state index is 11.7. The molecule has 4 heteroatoms. The molecule has 0 aliphatic heterocycles. The van der Waals surface area contributed by atoms with Gasteiger partial charge < -0.3 is 4.74 Å². The van der Waals surface area contributed by atoms with Crippen molar-refractivity contribution in [1.29, 1.82) is 0 Å². The second-order valence-corrected chi connectivity index (χ2v) is 9.91. The minimum atomic E-state index is -0.161. The van der Waals surface area contributed by atoms with E-state index in [9.17, 15) is 9.59 Å². The first-order valence-electron chi connectivity index (χ1n) is 16.0. The van der Waals surface area contributed by atoms with Crippen molar-refractivity contribution in [3.05, 3.63) is 95.6 Å². The molecule has 0 heterocycles. The highest BCUT2D eigenvalue weighted by Gasteiger charge is 2.07. The van der Waals surface area contributed by atoms with Crippen LogP contribution in [0.5, 0.6) is 0 Å². The number of aryl methyl sites for hydroxylation is 2. The van der Waals surface area contributed by atoms with Crippen LogP contribution in [0.25, 0.3) is 0 Å². The largest absolute Gasteiger partial charge is 0.464 e. The average molecular weight is 580 g/mol. The first-order chi connectivity index (χ1) is 20.3. The molecule has 1 aromatic carbocycles. The second-order valence-electron chi connectivity index (χ2n) is 9.91. The van der Waals surface area contributed by atoms with Crippen LogP contribution >= 0.6 is 0 Å². The van der Waals surface area contributed by atoms with Crippen LogP contribution in [0.3, 0.4) is 0 Å². The Morgan fingerprint density at radius 1 is 0.762 bits per heavy atom. The van der Waals surface area contributed by atoms with Gasteiger partial charge in [-0.25, -0.2) is 0 Å². The summed E-state index contributed by atoms with van der Waals surface area (Å²) in [6.45, 7) is 18.3. The Morgan fingerprint density at radius 2 is 1.24 bits per heavy atom. The van der Waals surface area contributed by atoms with E-state index in [2.05, 4.69) is 107 Å². The number of nitrogens with zero attached hydrogens (tertiary/aromatic N) is 1. The fourth-order valence-corrected chi connectivity index (χ4v) is 3.66.